The van der Waals surface area contributed by atoms with Crippen LogP contribution < -0.4 is 15.0 Å². The van der Waals surface area contributed by atoms with Crippen molar-refractivity contribution in [2.75, 3.05) is 16.8 Å². The monoisotopic (exact) mass is 356 g/mol. The van der Waals surface area contributed by atoms with Crippen LogP contribution in [-0.2, 0) is 22.4 Å². The fourth-order valence-corrected chi connectivity index (χ4v) is 3.59. The van der Waals surface area contributed by atoms with E-state index >= 15 is 0 Å². The Morgan fingerprint density at radius 1 is 1.20 bits per heavy atom. The molecule has 5 nitrogen and oxygen atoms in total. The molecular weight excluding hydrogens is 340 g/mol. The molecule has 6 heteroatoms. The van der Waals surface area contributed by atoms with Crippen molar-refractivity contribution < 1.29 is 14.3 Å². The standard InChI is InChI=1S/C19H17ClN2O3/c1-11(23)22-7-6-12-9-15(3-4-16(12)22)21-19(24)18-10-13-8-14(20)2-5-17(13)25-18/h2-5,8-9,18H,6-7,10H2,1H3,(H,21,24). The number of hydrogen-bond acceptors (Lipinski definition) is 3. The van der Waals surface area contributed by atoms with Crippen LogP contribution in [0.2, 0.25) is 5.02 Å². The van der Waals surface area contributed by atoms with Gasteiger partial charge in [0.1, 0.15) is 5.75 Å². The minimum absolute atomic E-state index is 0.0336. The highest BCUT2D eigenvalue weighted by atomic mass is 35.5. The summed E-state index contributed by atoms with van der Waals surface area (Å²) < 4.78 is 5.71. The number of ether oxygens (including phenoxy) is 1. The molecule has 4 rings (SSSR count). The van der Waals surface area contributed by atoms with Crippen molar-refractivity contribution in [3.8, 4) is 5.75 Å². The van der Waals surface area contributed by atoms with E-state index in [-0.39, 0.29) is 11.8 Å². The predicted molar refractivity (Wildman–Crippen MR) is 96.4 cm³/mol. The number of hydrogen-bond donors (Lipinski definition) is 1. The maximum absolute atomic E-state index is 12.5. The molecule has 1 N–H and O–H groups in total. The predicted octanol–water partition coefficient (Wildman–Crippen LogP) is 3.19. The van der Waals surface area contributed by atoms with Crippen LogP contribution in [-0.4, -0.2) is 24.5 Å². The van der Waals surface area contributed by atoms with Crippen LogP contribution in [0.4, 0.5) is 11.4 Å². The zero-order valence-corrected chi connectivity index (χ0v) is 14.5. The topological polar surface area (TPSA) is 58.6 Å². The van der Waals surface area contributed by atoms with Gasteiger partial charge in [-0.1, -0.05) is 11.6 Å². The van der Waals surface area contributed by atoms with Gasteiger partial charge in [0.05, 0.1) is 0 Å². The Kier molecular flexibility index (Phi) is 3.88. The minimum atomic E-state index is -0.560. The molecule has 2 aliphatic heterocycles. The summed E-state index contributed by atoms with van der Waals surface area (Å²) in [6.07, 6.45) is 0.739. The quantitative estimate of drug-likeness (QED) is 0.899. The molecule has 2 aromatic rings. The zero-order chi connectivity index (χ0) is 17.6. The number of nitrogens with one attached hydrogen (secondary N) is 1. The van der Waals surface area contributed by atoms with Crippen LogP contribution >= 0.6 is 11.6 Å². The third kappa shape index (κ3) is 2.96. The maximum Gasteiger partial charge on any atom is 0.265 e. The number of nitrogens with zero attached hydrogens (tertiary/aromatic N) is 1. The van der Waals surface area contributed by atoms with Gasteiger partial charge < -0.3 is 15.0 Å². The SMILES string of the molecule is CC(=O)N1CCc2cc(NC(=O)C3Cc4cc(Cl)ccc4O3)ccc21. The minimum Gasteiger partial charge on any atom is -0.480 e. The molecule has 128 valence electrons. The maximum atomic E-state index is 12.5. The number of carbonyl (C=O) groups excluding carboxylic acids is 2. The Morgan fingerprint density at radius 2 is 2.04 bits per heavy atom. The van der Waals surface area contributed by atoms with Crippen LogP contribution in [0, 0.1) is 0 Å². The number of amides is 2. The molecular formula is C19H17ClN2O3. The van der Waals surface area contributed by atoms with Crippen LogP contribution in [0.3, 0.4) is 0 Å². The summed E-state index contributed by atoms with van der Waals surface area (Å²) in [7, 11) is 0. The Bertz CT molecular complexity index is 881. The highest BCUT2D eigenvalue weighted by Gasteiger charge is 2.30. The van der Waals surface area contributed by atoms with E-state index in [0.717, 1.165) is 23.2 Å². The van der Waals surface area contributed by atoms with Crippen molar-refractivity contribution in [3.63, 3.8) is 0 Å². The first kappa shape index (κ1) is 16.0. The van der Waals surface area contributed by atoms with Crippen molar-refractivity contribution in [3.05, 3.63) is 52.5 Å². The number of anilines is 2. The van der Waals surface area contributed by atoms with Gasteiger partial charge in [0.2, 0.25) is 5.91 Å². The summed E-state index contributed by atoms with van der Waals surface area (Å²) in [5.41, 5.74) is 3.64. The molecule has 0 spiro atoms. The molecule has 2 aliphatic rings. The lowest BCUT2D eigenvalue weighted by Gasteiger charge is -2.15. The lowest BCUT2D eigenvalue weighted by Crippen LogP contribution is -2.31. The molecule has 0 radical (unpaired) electrons. The molecule has 25 heavy (non-hydrogen) atoms. The first-order valence-corrected chi connectivity index (χ1v) is 8.56. The molecule has 2 amide bonds. The highest BCUT2D eigenvalue weighted by molar-refractivity contribution is 6.30. The summed E-state index contributed by atoms with van der Waals surface area (Å²) in [6.45, 7) is 2.25. The average molecular weight is 357 g/mol. The summed E-state index contributed by atoms with van der Waals surface area (Å²) >= 11 is 5.98. The van der Waals surface area contributed by atoms with E-state index in [0.29, 0.717) is 29.4 Å². The van der Waals surface area contributed by atoms with E-state index in [4.69, 9.17) is 16.3 Å². The van der Waals surface area contributed by atoms with E-state index in [1.165, 1.54) is 0 Å². The van der Waals surface area contributed by atoms with Gasteiger partial charge in [-0.15, -0.1) is 0 Å². The van der Waals surface area contributed by atoms with E-state index in [1.807, 2.05) is 24.3 Å². The fourth-order valence-electron chi connectivity index (χ4n) is 3.39. The first-order chi connectivity index (χ1) is 12.0. The molecule has 0 bridgehead atoms. The van der Waals surface area contributed by atoms with E-state index in [9.17, 15) is 9.59 Å². The number of benzene rings is 2. The highest BCUT2D eigenvalue weighted by Crippen LogP contribution is 2.33. The van der Waals surface area contributed by atoms with Gasteiger partial charge in [0, 0.05) is 36.3 Å². The normalized spacial score (nSPS) is 17.7. The second kappa shape index (κ2) is 6.08. The molecule has 0 aromatic heterocycles. The van der Waals surface area contributed by atoms with E-state index in [1.54, 1.807) is 24.0 Å². The van der Waals surface area contributed by atoms with Crippen LogP contribution in [0.1, 0.15) is 18.1 Å². The lowest BCUT2D eigenvalue weighted by atomic mass is 10.1. The molecule has 0 saturated heterocycles. The summed E-state index contributed by atoms with van der Waals surface area (Å²) in [5, 5.41) is 3.54. The van der Waals surface area contributed by atoms with Crippen molar-refractivity contribution in [2.24, 2.45) is 0 Å². The number of rotatable bonds is 2. The number of halogens is 1. The van der Waals surface area contributed by atoms with Gasteiger partial charge in [-0.2, -0.15) is 0 Å². The second-order valence-corrected chi connectivity index (χ2v) is 6.75. The Balaban J connectivity index is 1.47. The molecule has 1 unspecified atom stereocenters. The van der Waals surface area contributed by atoms with Gasteiger partial charge in [-0.05, 0) is 53.9 Å². The Labute approximate surface area is 150 Å². The number of fused-ring (bicyclic) bond motifs is 2. The van der Waals surface area contributed by atoms with Crippen molar-refractivity contribution in [1.82, 2.24) is 0 Å². The summed E-state index contributed by atoms with van der Waals surface area (Å²) in [6, 6.07) is 11.0. The van der Waals surface area contributed by atoms with Gasteiger partial charge in [-0.3, -0.25) is 9.59 Å². The van der Waals surface area contributed by atoms with Crippen LogP contribution in [0.5, 0.6) is 5.75 Å². The Morgan fingerprint density at radius 3 is 2.84 bits per heavy atom. The van der Waals surface area contributed by atoms with Gasteiger partial charge in [0.25, 0.3) is 5.91 Å². The molecule has 0 aliphatic carbocycles. The summed E-state index contributed by atoms with van der Waals surface area (Å²) in [4.78, 5) is 25.9. The molecule has 0 fully saturated rings. The van der Waals surface area contributed by atoms with E-state index in [2.05, 4.69) is 5.32 Å². The van der Waals surface area contributed by atoms with Crippen LogP contribution in [0.15, 0.2) is 36.4 Å². The van der Waals surface area contributed by atoms with Crippen LogP contribution in [0.25, 0.3) is 0 Å². The molecule has 2 heterocycles. The Hall–Kier alpha value is -2.53. The fraction of sp³-hybridized carbons (Fsp3) is 0.263. The second-order valence-electron chi connectivity index (χ2n) is 6.32. The smallest absolute Gasteiger partial charge is 0.265 e. The molecule has 0 saturated carbocycles. The largest absolute Gasteiger partial charge is 0.480 e. The van der Waals surface area contributed by atoms with Crippen molar-refractivity contribution >= 4 is 34.8 Å². The lowest BCUT2D eigenvalue weighted by molar-refractivity contribution is -0.122. The van der Waals surface area contributed by atoms with Crippen molar-refractivity contribution in [2.45, 2.75) is 25.9 Å². The number of carbonyl (C=O) groups is 2. The van der Waals surface area contributed by atoms with Gasteiger partial charge in [0.15, 0.2) is 6.10 Å². The van der Waals surface area contributed by atoms with Gasteiger partial charge >= 0.3 is 0 Å². The zero-order valence-electron chi connectivity index (χ0n) is 13.7. The third-order valence-electron chi connectivity index (χ3n) is 4.61. The third-order valence-corrected chi connectivity index (χ3v) is 4.85. The van der Waals surface area contributed by atoms with E-state index < -0.39 is 6.10 Å². The first-order valence-electron chi connectivity index (χ1n) is 8.18. The summed E-state index contributed by atoms with van der Waals surface area (Å²) in [5.74, 6) is 0.551. The molecule has 2 aromatic carbocycles. The van der Waals surface area contributed by atoms with Gasteiger partial charge in [-0.25, -0.2) is 0 Å². The molecule has 1 atom stereocenters. The van der Waals surface area contributed by atoms with Crippen molar-refractivity contribution in [1.29, 1.82) is 0 Å². The average Bonchev–Trinajstić information content (AvgIpc) is 3.17.